The van der Waals surface area contributed by atoms with Gasteiger partial charge in [0.15, 0.2) is 0 Å². The smallest absolute Gasteiger partial charge is 0.272 e. The monoisotopic (exact) mass is 263 g/mol. The third-order valence-corrected chi connectivity index (χ3v) is 3.65. The van der Waals surface area contributed by atoms with Crippen LogP contribution >= 0.6 is 0 Å². The van der Waals surface area contributed by atoms with E-state index in [1.807, 2.05) is 12.1 Å². The van der Waals surface area contributed by atoms with Crippen molar-refractivity contribution in [3.8, 4) is 0 Å². The summed E-state index contributed by atoms with van der Waals surface area (Å²) in [5.74, 6) is 0.606. The zero-order valence-corrected chi connectivity index (χ0v) is 11.3. The van der Waals surface area contributed by atoms with E-state index in [0.29, 0.717) is 12.3 Å². The lowest BCUT2D eigenvalue weighted by Gasteiger charge is -2.34. The highest BCUT2D eigenvalue weighted by Crippen LogP contribution is 2.20. The fraction of sp³-hybridized carbons (Fsp3) is 0.571. The van der Waals surface area contributed by atoms with Gasteiger partial charge in [0.25, 0.3) is 5.69 Å². The molecule has 1 aromatic carbocycles. The average Bonchev–Trinajstić information content (AvgIpc) is 2.35. The number of para-hydroxylation sites is 1. The minimum absolute atomic E-state index is 0.219. The van der Waals surface area contributed by atoms with Gasteiger partial charge in [-0.05, 0) is 18.8 Å². The predicted molar refractivity (Wildman–Crippen MR) is 75.0 cm³/mol. The second-order valence-electron chi connectivity index (χ2n) is 5.50. The lowest BCUT2D eigenvalue weighted by atomic mass is 9.96. The molecule has 0 saturated carbocycles. The maximum atomic E-state index is 10.9. The summed E-state index contributed by atoms with van der Waals surface area (Å²) in [7, 11) is 0. The largest absolute Gasteiger partial charge is 0.327 e. The molecule has 0 bridgehead atoms. The third-order valence-electron chi connectivity index (χ3n) is 3.65. The van der Waals surface area contributed by atoms with Gasteiger partial charge in [0, 0.05) is 37.3 Å². The van der Waals surface area contributed by atoms with Crippen LogP contribution in [-0.4, -0.2) is 35.5 Å². The maximum Gasteiger partial charge on any atom is 0.272 e. The van der Waals surface area contributed by atoms with Gasteiger partial charge in [0.05, 0.1) is 4.92 Å². The molecule has 2 atom stereocenters. The lowest BCUT2D eigenvalue weighted by molar-refractivity contribution is -0.385. The van der Waals surface area contributed by atoms with Crippen LogP contribution in [0.5, 0.6) is 0 Å². The highest BCUT2D eigenvalue weighted by molar-refractivity contribution is 5.39. The molecule has 0 radical (unpaired) electrons. The Hall–Kier alpha value is -1.46. The summed E-state index contributed by atoms with van der Waals surface area (Å²) in [5.41, 5.74) is 7.04. The first-order chi connectivity index (χ1) is 9.06. The van der Waals surface area contributed by atoms with E-state index >= 15 is 0 Å². The van der Waals surface area contributed by atoms with Crippen LogP contribution in [0, 0.1) is 16.0 Å². The molecular weight excluding hydrogens is 242 g/mol. The van der Waals surface area contributed by atoms with Gasteiger partial charge in [-0.25, -0.2) is 0 Å². The topological polar surface area (TPSA) is 72.4 Å². The molecule has 0 aliphatic carbocycles. The number of hydrogen-bond donors (Lipinski definition) is 1. The van der Waals surface area contributed by atoms with Crippen molar-refractivity contribution in [2.24, 2.45) is 11.7 Å². The SMILES string of the molecule is CC1CC(N)CN(CCc2ccccc2[N+](=O)[O-])C1. The predicted octanol–water partition coefficient (Wildman–Crippen LogP) is 1.81. The Morgan fingerprint density at radius 2 is 2.16 bits per heavy atom. The van der Waals surface area contributed by atoms with Gasteiger partial charge in [-0.1, -0.05) is 25.1 Å². The number of nitrogens with two attached hydrogens (primary N) is 1. The average molecular weight is 263 g/mol. The Morgan fingerprint density at radius 3 is 2.84 bits per heavy atom. The first-order valence-corrected chi connectivity index (χ1v) is 6.76. The molecule has 1 heterocycles. The van der Waals surface area contributed by atoms with Crippen molar-refractivity contribution in [3.05, 3.63) is 39.9 Å². The fourth-order valence-corrected chi connectivity index (χ4v) is 2.87. The zero-order chi connectivity index (χ0) is 13.8. The van der Waals surface area contributed by atoms with Crippen molar-refractivity contribution < 1.29 is 4.92 Å². The summed E-state index contributed by atoms with van der Waals surface area (Å²) in [6, 6.07) is 7.20. The van der Waals surface area contributed by atoms with E-state index in [0.717, 1.165) is 31.6 Å². The van der Waals surface area contributed by atoms with E-state index in [2.05, 4.69) is 11.8 Å². The number of likely N-dealkylation sites (tertiary alicyclic amines) is 1. The quantitative estimate of drug-likeness (QED) is 0.664. The van der Waals surface area contributed by atoms with Gasteiger partial charge in [-0.3, -0.25) is 10.1 Å². The van der Waals surface area contributed by atoms with Gasteiger partial charge >= 0.3 is 0 Å². The molecule has 0 spiro atoms. The van der Waals surface area contributed by atoms with Crippen LogP contribution in [0.15, 0.2) is 24.3 Å². The van der Waals surface area contributed by atoms with Crippen LogP contribution < -0.4 is 5.73 Å². The van der Waals surface area contributed by atoms with Crippen LogP contribution in [0.25, 0.3) is 0 Å². The fourth-order valence-electron chi connectivity index (χ4n) is 2.87. The second-order valence-corrected chi connectivity index (χ2v) is 5.50. The Labute approximate surface area is 113 Å². The van der Waals surface area contributed by atoms with Gasteiger partial charge in [0.1, 0.15) is 0 Å². The maximum absolute atomic E-state index is 10.9. The number of nitrogens with zero attached hydrogens (tertiary/aromatic N) is 2. The van der Waals surface area contributed by atoms with Crippen LogP contribution in [-0.2, 0) is 6.42 Å². The highest BCUT2D eigenvalue weighted by Gasteiger charge is 2.22. The number of nitro groups is 1. The van der Waals surface area contributed by atoms with E-state index in [1.54, 1.807) is 12.1 Å². The molecule has 1 aliphatic heterocycles. The highest BCUT2D eigenvalue weighted by atomic mass is 16.6. The van der Waals surface area contributed by atoms with Crippen LogP contribution in [0.1, 0.15) is 18.9 Å². The summed E-state index contributed by atoms with van der Waals surface area (Å²) in [6.07, 6.45) is 1.78. The van der Waals surface area contributed by atoms with Gasteiger partial charge in [0.2, 0.25) is 0 Å². The van der Waals surface area contributed by atoms with E-state index in [4.69, 9.17) is 5.73 Å². The molecule has 1 aliphatic rings. The molecule has 0 amide bonds. The van der Waals surface area contributed by atoms with Gasteiger partial charge < -0.3 is 10.6 Å². The molecule has 5 heteroatoms. The number of piperidine rings is 1. The Morgan fingerprint density at radius 1 is 1.42 bits per heavy atom. The van der Waals surface area contributed by atoms with Crippen molar-refractivity contribution in [2.45, 2.75) is 25.8 Å². The minimum Gasteiger partial charge on any atom is -0.327 e. The lowest BCUT2D eigenvalue weighted by Crippen LogP contribution is -2.46. The van der Waals surface area contributed by atoms with Gasteiger partial charge in [-0.15, -0.1) is 0 Å². The van der Waals surface area contributed by atoms with E-state index < -0.39 is 0 Å². The summed E-state index contributed by atoms with van der Waals surface area (Å²) < 4.78 is 0. The molecule has 1 saturated heterocycles. The van der Waals surface area contributed by atoms with Crippen molar-refractivity contribution in [3.63, 3.8) is 0 Å². The Bertz CT molecular complexity index is 440. The molecule has 2 unspecified atom stereocenters. The molecule has 1 aromatic rings. The van der Waals surface area contributed by atoms with Gasteiger partial charge in [-0.2, -0.15) is 0 Å². The summed E-state index contributed by atoms with van der Waals surface area (Å²) in [4.78, 5) is 13.0. The van der Waals surface area contributed by atoms with Crippen LogP contribution in [0.4, 0.5) is 5.69 Å². The minimum atomic E-state index is -0.306. The van der Waals surface area contributed by atoms with E-state index in [1.165, 1.54) is 0 Å². The van der Waals surface area contributed by atoms with Crippen LogP contribution in [0.2, 0.25) is 0 Å². The molecule has 2 N–H and O–H groups in total. The van der Waals surface area contributed by atoms with Crippen molar-refractivity contribution >= 4 is 5.69 Å². The van der Waals surface area contributed by atoms with Crippen LogP contribution in [0.3, 0.4) is 0 Å². The summed E-state index contributed by atoms with van der Waals surface area (Å²) in [6.45, 7) is 4.97. The normalized spacial score (nSPS) is 24.3. The first-order valence-electron chi connectivity index (χ1n) is 6.76. The molecule has 19 heavy (non-hydrogen) atoms. The Kier molecular flexibility index (Phi) is 4.50. The number of rotatable bonds is 4. The molecule has 1 fully saturated rings. The molecule has 5 nitrogen and oxygen atoms in total. The molecular formula is C14H21N3O2. The number of benzene rings is 1. The molecule has 2 rings (SSSR count). The first kappa shape index (κ1) is 14.0. The summed E-state index contributed by atoms with van der Waals surface area (Å²) >= 11 is 0. The number of hydrogen-bond acceptors (Lipinski definition) is 4. The standard InChI is InChI=1S/C14H21N3O2/c1-11-8-13(15)10-16(9-11)7-6-12-4-2-3-5-14(12)17(18)19/h2-5,11,13H,6-10,15H2,1H3. The number of nitro benzene ring substituents is 1. The van der Waals surface area contributed by atoms with Crippen molar-refractivity contribution in [2.75, 3.05) is 19.6 Å². The molecule has 104 valence electrons. The third kappa shape index (κ3) is 3.75. The summed E-state index contributed by atoms with van der Waals surface area (Å²) in [5, 5.41) is 10.9. The van der Waals surface area contributed by atoms with E-state index in [-0.39, 0.29) is 16.7 Å². The van der Waals surface area contributed by atoms with E-state index in [9.17, 15) is 10.1 Å². The molecule has 0 aromatic heterocycles. The van der Waals surface area contributed by atoms with Crippen molar-refractivity contribution in [1.82, 2.24) is 4.90 Å². The Balaban J connectivity index is 1.97. The zero-order valence-electron chi connectivity index (χ0n) is 11.3. The second kappa shape index (κ2) is 6.12. The van der Waals surface area contributed by atoms with Crippen molar-refractivity contribution in [1.29, 1.82) is 0 Å².